The minimum absolute atomic E-state index is 0.101. The van der Waals surface area contributed by atoms with Gasteiger partial charge < -0.3 is 4.90 Å². The molecule has 0 bridgehead atoms. The lowest BCUT2D eigenvalue weighted by molar-refractivity contribution is -0.138. The Morgan fingerprint density at radius 3 is 2.18 bits per heavy atom. The monoisotopic (exact) mass is 245 g/mol. The maximum Gasteiger partial charge on any atom is 0.416 e. The molecule has 0 spiro atoms. The summed E-state index contributed by atoms with van der Waals surface area (Å²) in [6, 6.07) is 4.63. The van der Waals surface area contributed by atoms with Gasteiger partial charge in [0.1, 0.15) is 0 Å². The summed E-state index contributed by atoms with van der Waals surface area (Å²) >= 11 is 0. The van der Waals surface area contributed by atoms with Crippen molar-refractivity contribution in [3.63, 3.8) is 0 Å². The minimum atomic E-state index is -4.28. The fourth-order valence-corrected chi connectivity index (χ4v) is 1.70. The molecule has 0 aliphatic carbocycles. The van der Waals surface area contributed by atoms with Crippen molar-refractivity contribution in [1.82, 2.24) is 4.90 Å². The van der Waals surface area contributed by atoms with Crippen molar-refractivity contribution >= 4 is 0 Å². The highest BCUT2D eigenvalue weighted by Crippen LogP contribution is 2.34. The standard InChI is InChI=1S/C13H18F3N/c1-9(2)10-5-6-11(8-17(3)4)12(7-10)13(14,15)16/h5-7,9H,8H2,1-4H3. The molecule has 0 amide bonds. The maximum atomic E-state index is 12.9. The normalized spacial score (nSPS) is 12.5. The molecule has 0 unspecified atom stereocenters. The number of rotatable bonds is 3. The molecule has 0 saturated heterocycles. The molecular formula is C13H18F3N. The van der Waals surface area contributed by atoms with E-state index in [1.807, 2.05) is 13.8 Å². The summed E-state index contributed by atoms with van der Waals surface area (Å²) in [5, 5.41) is 0. The number of hydrogen-bond donors (Lipinski definition) is 0. The highest BCUT2D eigenvalue weighted by atomic mass is 19.4. The zero-order valence-corrected chi connectivity index (χ0v) is 10.6. The van der Waals surface area contributed by atoms with Gasteiger partial charge in [0.25, 0.3) is 0 Å². The first-order valence-electron chi connectivity index (χ1n) is 5.56. The van der Waals surface area contributed by atoms with Crippen molar-refractivity contribution in [1.29, 1.82) is 0 Å². The van der Waals surface area contributed by atoms with E-state index < -0.39 is 11.7 Å². The summed E-state index contributed by atoms with van der Waals surface area (Å²) < 4.78 is 38.8. The van der Waals surface area contributed by atoms with Crippen LogP contribution in [0.2, 0.25) is 0 Å². The van der Waals surface area contributed by atoms with E-state index in [0.29, 0.717) is 12.1 Å². The predicted octanol–water partition coefficient (Wildman–Crippen LogP) is 3.89. The van der Waals surface area contributed by atoms with Crippen LogP contribution in [0.1, 0.15) is 36.5 Å². The van der Waals surface area contributed by atoms with Gasteiger partial charge in [-0.1, -0.05) is 26.0 Å². The van der Waals surface area contributed by atoms with Gasteiger partial charge in [0.2, 0.25) is 0 Å². The van der Waals surface area contributed by atoms with E-state index in [1.54, 1.807) is 31.1 Å². The molecule has 17 heavy (non-hydrogen) atoms. The van der Waals surface area contributed by atoms with E-state index in [9.17, 15) is 13.2 Å². The molecule has 0 aliphatic rings. The average Bonchev–Trinajstić information content (AvgIpc) is 2.15. The summed E-state index contributed by atoms with van der Waals surface area (Å²) in [7, 11) is 3.52. The molecule has 0 saturated carbocycles. The van der Waals surface area contributed by atoms with E-state index in [2.05, 4.69) is 0 Å². The third kappa shape index (κ3) is 3.73. The van der Waals surface area contributed by atoms with E-state index in [-0.39, 0.29) is 5.92 Å². The van der Waals surface area contributed by atoms with Gasteiger partial charge in [-0.05, 0) is 37.2 Å². The lowest BCUT2D eigenvalue weighted by atomic mass is 9.97. The molecule has 0 N–H and O–H groups in total. The first kappa shape index (κ1) is 14.0. The molecule has 1 aromatic carbocycles. The van der Waals surface area contributed by atoms with Crippen molar-refractivity contribution in [2.75, 3.05) is 14.1 Å². The highest BCUT2D eigenvalue weighted by molar-refractivity contribution is 5.35. The van der Waals surface area contributed by atoms with Gasteiger partial charge in [-0.25, -0.2) is 0 Å². The lowest BCUT2D eigenvalue weighted by Crippen LogP contribution is -2.17. The molecule has 0 aliphatic heterocycles. The van der Waals surface area contributed by atoms with E-state index in [1.165, 1.54) is 6.07 Å². The zero-order chi connectivity index (χ0) is 13.2. The molecule has 1 rings (SSSR count). The van der Waals surface area contributed by atoms with Gasteiger partial charge in [0.05, 0.1) is 5.56 Å². The van der Waals surface area contributed by atoms with Crippen LogP contribution in [0.4, 0.5) is 13.2 Å². The van der Waals surface area contributed by atoms with Crippen LogP contribution >= 0.6 is 0 Å². The van der Waals surface area contributed by atoms with Gasteiger partial charge in [0, 0.05) is 6.54 Å². The van der Waals surface area contributed by atoms with Crippen molar-refractivity contribution < 1.29 is 13.2 Å². The molecule has 4 heteroatoms. The van der Waals surface area contributed by atoms with E-state index >= 15 is 0 Å². The Balaban J connectivity index is 3.22. The quantitative estimate of drug-likeness (QED) is 0.781. The minimum Gasteiger partial charge on any atom is -0.305 e. The first-order chi connectivity index (χ1) is 7.71. The number of alkyl halides is 3. The molecule has 0 atom stereocenters. The third-order valence-electron chi connectivity index (χ3n) is 2.59. The molecular weight excluding hydrogens is 227 g/mol. The highest BCUT2D eigenvalue weighted by Gasteiger charge is 2.33. The molecule has 0 aromatic heterocycles. The zero-order valence-electron chi connectivity index (χ0n) is 10.6. The second kappa shape index (κ2) is 5.08. The van der Waals surface area contributed by atoms with Crippen LogP contribution in [0.5, 0.6) is 0 Å². The summed E-state index contributed by atoms with van der Waals surface area (Å²) in [6.07, 6.45) is -4.28. The van der Waals surface area contributed by atoms with Crippen LogP contribution in [0.25, 0.3) is 0 Å². The largest absolute Gasteiger partial charge is 0.416 e. The average molecular weight is 245 g/mol. The van der Waals surface area contributed by atoms with Crippen LogP contribution in [-0.4, -0.2) is 19.0 Å². The molecule has 0 heterocycles. The van der Waals surface area contributed by atoms with E-state index in [4.69, 9.17) is 0 Å². The number of nitrogens with zero attached hydrogens (tertiary/aromatic N) is 1. The summed E-state index contributed by atoms with van der Waals surface area (Å²) in [4.78, 5) is 1.74. The Bertz CT molecular complexity index is 381. The molecule has 96 valence electrons. The van der Waals surface area contributed by atoms with Crippen molar-refractivity contribution in [2.24, 2.45) is 0 Å². The molecule has 0 fully saturated rings. The van der Waals surface area contributed by atoms with Gasteiger partial charge in [-0.2, -0.15) is 13.2 Å². The van der Waals surface area contributed by atoms with Crippen molar-refractivity contribution in [2.45, 2.75) is 32.5 Å². The fourth-order valence-electron chi connectivity index (χ4n) is 1.70. The van der Waals surface area contributed by atoms with Crippen LogP contribution in [0, 0.1) is 0 Å². The predicted molar refractivity (Wildman–Crippen MR) is 62.9 cm³/mol. The van der Waals surface area contributed by atoms with Crippen LogP contribution in [-0.2, 0) is 12.7 Å². The van der Waals surface area contributed by atoms with Crippen molar-refractivity contribution in [3.8, 4) is 0 Å². The Hall–Kier alpha value is -1.03. The van der Waals surface area contributed by atoms with Crippen LogP contribution < -0.4 is 0 Å². The topological polar surface area (TPSA) is 3.24 Å². The Morgan fingerprint density at radius 1 is 1.18 bits per heavy atom. The molecule has 1 nitrogen and oxygen atoms in total. The lowest BCUT2D eigenvalue weighted by Gasteiger charge is -2.18. The molecule has 1 aromatic rings. The number of halogens is 3. The van der Waals surface area contributed by atoms with Crippen LogP contribution in [0.3, 0.4) is 0 Å². The summed E-state index contributed by atoms with van der Waals surface area (Å²) in [5.41, 5.74) is 0.532. The first-order valence-corrected chi connectivity index (χ1v) is 5.56. The second-order valence-corrected chi connectivity index (χ2v) is 4.81. The van der Waals surface area contributed by atoms with Gasteiger partial charge in [-0.15, -0.1) is 0 Å². The van der Waals surface area contributed by atoms with Gasteiger partial charge >= 0.3 is 6.18 Å². The number of benzene rings is 1. The fraction of sp³-hybridized carbons (Fsp3) is 0.538. The molecule has 0 radical (unpaired) electrons. The van der Waals surface area contributed by atoms with E-state index in [0.717, 1.165) is 5.56 Å². The Labute approximate surface area is 100 Å². The van der Waals surface area contributed by atoms with Gasteiger partial charge in [-0.3, -0.25) is 0 Å². The second-order valence-electron chi connectivity index (χ2n) is 4.81. The van der Waals surface area contributed by atoms with Crippen LogP contribution in [0.15, 0.2) is 18.2 Å². The SMILES string of the molecule is CC(C)c1ccc(CN(C)C)c(C(F)(F)F)c1. The van der Waals surface area contributed by atoms with Crippen molar-refractivity contribution in [3.05, 3.63) is 34.9 Å². The third-order valence-corrected chi connectivity index (χ3v) is 2.59. The summed E-state index contributed by atoms with van der Waals surface area (Å²) in [5.74, 6) is 0.101. The Morgan fingerprint density at radius 2 is 1.76 bits per heavy atom. The summed E-state index contributed by atoms with van der Waals surface area (Å²) in [6.45, 7) is 4.08. The Kier molecular flexibility index (Phi) is 4.20. The van der Waals surface area contributed by atoms with Gasteiger partial charge in [0.15, 0.2) is 0 Å². The number of hydrogen-bond acceptors (Lipinski definition) is 1. The maximum absolute atomic E-state index is 12.9. The smallest absolute Gasteiger partial charge is 0.305 e.